The van der Waals surface area contributed by atoms with Crippen molar-refractivity contribution in [2.75, 3.05) is 25.0 Å². The molecule has 3 N–H and O–H groups in total. The van der Waals surface area contributed by atoms with Gasteiger partial charge in [-0.3, -0.25) is 14.4 Å². The molecule has 2 aliphatic rings. The lowest BCUT2D eigenvalue weighted by Crippen LogP contribution is -2.51. The van der Waals surface area contributed by atoms with Gasteiger partial charge in [-0.25, -0.2) is 0 Å². The normalized spacial score (nSPS) is 19.4. The molecule has 4 rings (SSSR count). The summed E-state index contributed by atoms with van der Waals surface area (Å²) in [6.07, 6.45) is 3.55. The third-order valence-corrected chi connectivity index (χ3v) is 6.77. The minimum atomic E-state index is -0.682. The second-order valence-corrected chi connectivity index (χ2v) is 9.35. The van der Waals surface area contributed by atoms with Crippen molar-refractivity contribution in [3.8, 4) is 0 Å². The minimum Gasteiger partial charge on any atom is -0.344 e. The zero-order valence-corrected chi connectivity index (χ0v) is 19.8. The number of aryl methyl sites for hydroxylation is 1. The number of anilines is 1. The van der Waals surface area contributed by atoms with Gasteiger partial charge in [-0.2, -0.15) is 0 Å². The van der Waals surface area contributed by atoms with Crippen molar-refractivity contribution in [3.63, 3.8) is 0 Å². The number of likely N-dealkylation sites (tertiary alicyclic amines) is 1. The number of nitrogens with zero attached hydrogens (tertiary/aromatic N) is 1. The maximum absolute atomic E-state index is 13.1. The number of benzene rings is 2. The van der Waals surface area contributed by atoms with Crippen LogP contribution in [-0.4, -0.2) is 54.3 Å². The van der Waals surface area contributed by atoms with E-state index in [0.717, 1.165) is 30.5 Å². The van der Waals surface area contributed by atoms with Crippen LogP contribution in [0.2, 0.25) is 0 Å². The Morgan fingerprint density at radius 3 is 2.35 bits per heavy atom. The molecule has 2 aromatic carbocycles. The summed E-state index contributed by atoms with van der Waals surface area (Å²) in [5, 5.41) is 9.19. The van der Waals surface area contributed by atoms with Crippen LogP contribution < -0.4 is 16.0 Å². The second-order valence-electron chi connectivity index (χ2n) is 9.35. The Kier molecular flexibility index (Phi) is 7.95. The van der Waals surface area contributed by atoms with Crippen LogP contribution in [0.1, 0.15) is 36.8 Å². The zero-order valence-electron chi connectivity index (χ0n) is 19.8. The molecule has 0 saturated carbocycles. The Hall–Kier alpha value is -3.19. The first-order valence-electron chi connectivity index (χ1n) is 12.2. The number of amides is 3. The molecule has 2 unspecified atom stereocenters. The predicted molar refractivity (Wildman–Crippen MR) is 132 cm³/mol. The van der Waals surface area contributed by atoms with Crippen LogP contribution in [0.5, 0.6) is 0 Å². The summed E-state index contributed by atoms with van der Waals surface area (Å²) in [7, 11) is 0. The SMILES string of the molecule is Cc1ccc(NC(=O)C(Cc2ccccc2)NC(=O)C2CCN(C(=O)C3CCCN3)CC2)cc1. The van der Waals surface area contributed by atoms with E-state index in [9.17, 15) is 14.4 Å². The van der Waals surface area contributed by atoms with Crippen molar-refractivity contribution in [2.45, 2.75) is 51.1 Å². The van der Waals surface area contributed by atoms with E-state index in [4.69, 9.17) is 0 Å². The highest BCUT2D eigenvalue weighted by Crippen LogP contribution is 2.20. The van der Waals surface area contributed by atoms with E-state index in [-0.39, 0.29) is 29.7 Å². The van der Waals surface area contributed by atoms with E-state index in [0.29, 0.717) is 38.0 Å². The summed E-state index contributed by atoms with van der Waals surface area (Å²) >= 11 is 0. The molecule has 7 nitrogen and oxygen atoms in total. The van der Waals surface area contributed by atoms with Gasteiger partial charge in [0.05, 0.1) is 6.04 Å². The molecule has 0 spiro atoms. The highest BCUT2D eigenvalue weighted by atomic mass is 16.2. The summed E-state index contributed by atoms with van der Waals surface area (Å²) in [4.78, 5) is 40.8. The van der Waals surface area contributed by atoms with Gasteiger partial charge in [0.15, 0.2) is 0 Å². The quantitative estimate of drug-likeness (QED) is 0.590. The molecule has 2 aliphatic heterocycles. The summed E-state index contributed by atoms with van der Waals surface area (Å²) in [6.45, 7) is 4.04. The molecule has 2 heterocycles. The Balaban J connectivity index is 1.37. The molecular weight excluding hydrogens is 428 g/mol. The lowest BCUT2D eigenvalue weighted by atomic mass is 9.94. The fraction of sp³-hybridized carbons (Fsp3) is 0.444. The van der Waals surface area contributed by atoms with Gasteiger partial charge < -0.3 is 20.9 Å². The Morgan fingerprint density at radius 2 is 1.71 bits per heavy atom. The summed E-state index contributed by atoms with van der Waals surface area (Å²) in [5.41, 5.74) is 2.80. The Bertz CT molecular complexity index is 979. The van der Waals surface area contributed by atoms with Crippen molar-refractivity contribution >= 4 is 23.4 Å². The van der Waals surface area contributed by atoms with Gasteiger partial charge in [0.1, 0.15) is 6.04 Å². The molecule has 2 atom stereocenters. The molecule has 180 valence electrons. The fourth-order valence-corrected chi connectivity index (χ4v) is 4.69. The minimum absolute atomic E-state index is 0.0777. The van der Waals surface area contributed by atoms with Gasteiger partial charge in [-0.15, -0.1) is 0 Å². The third kappa shape index (κ3) is 6.23. The number of hydrogen-bond acceptors (Lipinski definition) is 4. The standard InChI is InChI=1S/C27H34N4O3/c1-19-9-11-22(12-10-19)29-26(33)24(18-20-6-3-2-4-7-20)30-25(32)21-13-16-31(17-14-21)27(34)23-8-5-15-28-23/h2-4,6-7,9-12,21,23-24,28H,5,8,13-18H2,1H3,(H,29,33)(H,30,32). The summed E-state index contributed by atoms with van der Waals surface area (Å²) < 4.78 is 0. The van der Waals surface area contributed by atoms with Crippen LogP contribution >= 0.6 is 0 Å². The van der Waals surface area contributed by atoms with Gasteiger partial charge in [-0.05, 0) is 56.8 Å². The molecule has 0 radical (unpaired) electrons. The largest absolute Gasteiger partial charge is 0.344 e. The fourth-order valence-electron chi connectivity index (χ4n) is 4.69. The number of carbonyl (C=O) groups is 3. The predicted octanol–water partition coefficient (Wildman–Crippen LogP) is 2.65. The Morgan fingerprint density at radius 1 is 1.00 bits per heavy atom. The van der Waals surface area contributed by atoms with Crippen LogP contribution in [-0.2, 0) is 20.8 Å². The summed E-state index contributed by atoms with van der Waals surface area (Å²) in [6, 6.07) is 16.5. The van der Waals surface area contributed by atoms with Crippen LogP contribution in [0.4, 0.5) is 5.69 Å². The molecule has 3 amide bonds. The topological polar surface area (TPSA) is 90.5 Å². The molecule has 0 aromatic heterocycles. The van der Waals surface area contributed by atoms with Crippen LogP contribution in [0.15, 0.2) is 54.6 Å². The molecule has 34 heavy (non-hydrogen) atoms. The molecule has 7 heteroatoms. The first-order valence-corrected chi connectivity index (χ1v) is 12.2. The maximum atomic E-state index is 13.1. The van der Waals surface area contributed by atoms with Gasteiger partial charge in [0, 0.05) is 31.1 Å². The van der Waals surface area contributed by atoms with Crippen LogP contribution in [0.25, 0.3) is 0 Å². The number of nitrogens with one attached hydrogen (secondary N) is 3. The van der Waals surface area contributed by atoms with Crippen molar-refractivity contribution in [2.24, 2.45) is 5.92 Å². The van der Waals surface area contributed by atoms with E-state index in [1.54, 1.807) is 0 Å². The lowest BCUT2D eigenvalue weighted by Gasteiger charge is -2.33. The summed E-state index contributed by atoms with van der Waals surface area (Å²) in [5.74, 6) is -0.408. The van der Waals surface area contributed by atoms with E-state index in [1.807, 2.05) is 66.4 Å². The van der Waals surface area contributed by atoms with Crippen molar-refractivity contribution < 1.29 is 14.4 Å². The number of rotatable bonds is 7. The monoisotopic (exact) mass is 462 g/mol. The van der Waals surface area contributed by atoms with Gasteiger partial charge in [0.2, 0.25) is 17.7 Å². The smallest absolute Gasteiger partial charge is 0.247 e. The second kappa shape index (κ2) is 11.3. The molecule has 0 bridgehead atoms. The van der Waals surface area contributed by atoms with Crippen LogP contribution in [0.3, 0.4) is 0 Å². The lowest BCUT2D eigenvalue weighted by molar-refractivity contribution is -0.137. The van der Waals surface area contributed by atoms with Crippen molar-refractivity contribution in [3.05, 3.63) is 65.7 Å². The number of carbonyl (C=O) groups excluding carboxylic acids is 3. The zero-order chi connectivity index (χ0) is 23.9. The molecule has 0 aliphatic carbocycles. The highest BCUT2D eigenvalue weighted by Gasteiger charge is 2.33. The van der Waals surface area contributed by atoms with E-state index in [2.05, 4.69) is 16.0 Å². The molecule has 2 saturated heterocycles. The van der Waals surface area contributed by atoms with Crippen molar-refractivity contribution in [1.82, 2.24) is 15.5 Å². The highest BCUT2D eigenvalue weighted by molar-refractivity contribution is 5.97. The first kappa shape index (κ1) is 24.0. The van der Waals surface area contributed by atoms with Crippen LogP contribution in [0, 0.1) is 12.8 Å². The van der Waals surface area contributed by atoms with Gasteiger partial charge in [0.25, 0.3) is 0 Å². The third-order valence-electron chi connectivity index (χ3n) is 6.77. The van der Waals surface area contributed by atoms with Crippen molar-refractivity contribution in [1.29, 1.82) is 0 Å². The van der Waals surface area contributed by atoms with E-state index >= 15 is 0 Å². The first-order chi connectivity index (χ1) is 16.5. The molecule has 2 fully saturated rings. The maximum Gasteiger partial charge on any atom is 0.247 e. The van der Waals surface area contributed by atoms with Gasteiger partial charge >= 0.3 is 0 Å². The number of hydrogen-bond donors (Lipinski definition) is 3. The average Bonchev–Trinajstić information content (AvgIpc) is 3.40. The average molecular weight is 463 g/mol. The van der Waals surface area contributed by atoms with Gasteiger partial charge in [-0.1, -0.05) is 48.0 Å². The molecule has 2 aromatic rings. The van der Waals surface area contributed by atoms with E-state index in [1.165, 1.54) is 0 Å². The molecular formula is C27H34N4O3. The van der Waals surface area contributed by atoms with E-state index < -0.39 is 6.04 Å². The number of piperidine rings is 1. The Labute approximate surface area is 201 Å².